The third kappa shape index (κ3) is 3.54. The predicted molar refractivity (Wildman–Crippen MR) is 94.5 cm³/mol. The molecule has 0 unspecified atom stereocenters. The SMILES string of the molecule is O=C(Nc1nc(-c2cc3ccccc3o2)cs1)c1ccc(C(F)(F)F)nc1. The normalized spacial score (nSPS) is 11.7. The van der Waals surface area contributed by atoms with Crippen LogP contribution in [0.3, 0.4) is 0 Å². The van der Waals surface area contributed by atoms with Gasteiger partial charge in [-0.2, -0.15) is 13.2 Å². The molecule has 0 aliphatic carbocycles. The van der Waals surface area contributed by atoms with E-state index < -0.39 is 17.8 Å². The van der Waals surface area contributed by atoms with Gasteiger partial charge in [-0.25, -0.2) is 4.98 Å². The van der Waals surface area contributed by atoms with Gasteiger partial charge in [-0.3, -0.25) is 15.1 Å². The molecule has 9 heteroatoms. The van der Waals surface area contributed by atoms with Gasteiger partial charge in [0, 0.05) is 17.0 Å². The second-order valence-electron chi connectivity index (χ2n) is 5.57. The monoisotopic (exact) mass is 389 g/mol. The summed E-state index contributed by atoms with van der Waals surface area (Å²) in [7, 11) is 0. The van der Waals surface area contributed by atoms with Crippen LogP contribution in [0.5, 0.6) is 0 Å². The van der Waals surface area contributed by atoms with E-state index in [9.17, 15) is 18.0 Å². The number of para-hydroxylation sites is 1. The molecule has 0 radical (unpaired) electrons. The summed E-state index contributed by atoms with van der Waals surface area (Å²) in [5.41, 5.74) is 0.225. The Bertz CT molecular complexity index is 1080. The van der Waals surface area contributed by atoms with Gasteiger partial charge in [0.1, 0.15) is 17.0 Å². The van der Waals surface area contributed by atoms with Crippen LogP contribution < -0.4 is 5.32 Å². The number of carbonyl (C=O) groups is 1. The number of thiazole rings is 1. The van der Waals surface area contributed by atoms with E-state index in [4.69, 9.17) is 4.42 Å². The van der Waals surface area contributed by atoms with E-state index in [1.807, 2.05) is 30.3 Å². The average molecular weight is 389 g/mol. The van der Waals surface area contributed by atoms with Crippen molar-refractivity contribution in [2.75, 3.05) is 5.32 Å². The molecule has 27 heavy (non-hydrogen) atoms. The van der Waals surface area contributed by atoms with Gasteiger partial charge in [0.25, 0.3) is 5.91 Å². The van der Waals surface area contributed by atoms with Crippen LogP contribution in [0.1, 0.15) is 16.1 Å². The number of nitrogens with one attached hydrogen (secondary N) is 1. The number of hydrogen-bond donors (Lipinski definition) is 1. The zero-order chi connectivity index (χ0) is 19.0. The maximum Gasteiger partial charge on any atom is 0.433 e. The molecule has 1 aromatic carbocycles. The molecule has 1 N–H and O–H groups in total. The number of hydrogen-bond acceptors (Lipinski definition) is 5. The highest BCUT2D eigenvalue weighted by Gasteiger charge is 2.32. The van der Waals surface area contributed by atoms with Crippen molar-refractivity contribution in [3.05, 3.63) is 65.3 Å². The van der Waals surface area contributed by atoms with E-state index in [0.29, 0.717) is 16.6 Å². The summed E-state index contributed by atoms with van der Waals surface area (Å²) in [5.74, 6) is -0.0362. The van der Waals surface area contributed by atoms with E-state index in [2.05, 4.69) is 15.3 Å². The molecule has 4 rings (SSSR count). The predicted octanol–water partition coefficient (Wildman–Crippen LogP) is 5.22. The molecule has 1 amide bonds. The summed E-state index contributed by atoms with van der Waals surface area (Å²) in [6.45, 7) is 0. The van der Waals surface area contributed by atoms with Crippen molar-refractivity contribution in [1.29, 1.82) is 0 Å². The summed E-state index contributed by atoms with van der Waals surface area (Å²) in [6, 6.07) is 11.2. The van der Waals surface area contributed by atoms with Crippen LogP contribution in [-0.4, -0.2) is 15.9 Å². The van der Waals surface area contributed by atoms with Gasteiger partial charge in [0.2, 0.25) is 0 Å². The Hall–Kier alpha value is -3.20. The molecule has 3 aromatic heterocycles. The van der Waals surface area contributed by atoms with Crippen molar-refractivity contribution in [3.63, 3.8) is 0 Å². The van der Waals surface area contributed by atoms with Gasteiger partial charge in [-0.15, -0.1) is 11.3 Å². The number of aromatic nitrogens is 2. The smallest absolute Gasteiger partial charge is 0.433 e. The molecule has 0 bridgehead atoms. The fourth-order valence-electron chi connectivity index (χ4n) is 2.42. The van der Waals surface area contributed by atoms with E-state index in [0.717, 1.165) is 29.3 Å². The van der Waals surface area contributed by atoms with Gasteiger partial charge < -0.3 is 4.42 Å². The van der Waals surface area contributed by atoms with Crippen LogP contribution in [0.4, 0.5) is 18.3 Å². The van der Waals surface area contributed by atoms with Crippen LogP contribution in [0.15, 0.2) is 58.5 Å². The molecule has 136 valence electrons. The number of anilines is 1. The van der Waals surface area contributed by atoms with E-state index in [1.54, 1.807) is 5.38 Å². The zero-order valence-electron chi connectivity index (χ0n) is 13.4. The molecule has 0 atom stereocenters. The Morgan fingerprint density at radius 3 is 2.67 bits per heavy atom. The molecule has 5 nitrogen and oxygen atoms in total. The molecule has 0 saturated carbocycles. The minimum absolute atomic E-state index is 0.00323. The third-order valence-corrected chi connectivity index (χ3v) is 4.48. The number of furan rings is 1. The summed E-state index contributed by atoms with van der Waals surface area (Å²) >= 11 is 1.18. The van der Waals surface area contributed by atoms with Crippen molar-refractivity contribution in [1.82, 2.24) is 9.97 Å². The highest BCUT2D eigenvalue weighted by Crippen LogP contribution is 2.30. The minimum atomic E-state index is -4.55. The maximum atomic E-state index is 12.5. The Morgan fingerprint density at radius 2 is 1.96 bits per heavy atom. The first kappa shape index (κ1) is 17.2. The van der Waals surface area contributed by atoms with Gasteiger partial charge in [-0.1, -0.05) is 18.2 Å². The topological polar surface area (TPSA) is 68.0 Å². The number of halogens is 3. The Morgan fingerprint density at radius 1 is 1.15 bits per heavy atom. The number of benzene rings is 1. The highest BCUT2D eigenvalue weighted by molar-refractivity contribution is 7.14. The molecular formula is C18H10F3N3O2S. The number of amides is 1. The van der Waals surface area contributed by atoms with E-state index in [-0.39, 0.29) is 5.56 Å². The quantitative estimate of drug-likeness (QED) is 0.521. The maximum absolute atomic E-state index is 12.5. The second-order valence-corrected chi connectivity index (χ2v) is 6.43. The van der Waals surface area contributed by atoms with Crippen LogP contribution in [0, 0.1) is 0 Å². The van der Waals surface area contributed by atoms with Gasteiger partial charge in [0.15, 0.2) is 10.9 Å². The first-order valence-corrected chi connectivity index (χ1v) is 8.57. The van der Waals surface area contributed by atoms with Crippen molar-refractivity contribution in [3.8, 4) is 11.5 Å². The molecular weight excluding hydrogens is 379 g/mol. The zero-order valence-corrected chi connectivity index (χ0v) is 14.3. The summed E-state index contributed by atoms with van der Waals surface area (Å²) in [6.07, 6.45) is -3.67. The van der Waals surface area contributed by atoms with Gasteiger partial charge in [-0.05, 0) is 24.3 Å². The first-order chi connectivity index (χ1) is 12.9. The number of fused-ring (bicyclic) bond motifs is 1. The van der Waals surface area contributed by atoms with Crippen LogP contribution in [0.2, 0.25) is 0 Å². The van der Waals surface area contributed by atoms with E-state index >= 15 is 0 Å². The third-order valence-electron chi connectivity index (χ3n) is 3.72. The van der Waals surface area contributed by atoms with Crippen LogP contribution in [-0.2, 0) is 6.18 Å². The standard InChI is InChI=1S/C18H10F3N3O2S/c19-18(20,21)15-6-5-11(8-22-15)16(25)24-17-23-12(9-27-17)14-7-10-3-1-2-4-13(10)26-14/h1-9H,(H,23,24,25). The van der Waals surface area contributed by atoms with Crippen LogP contribution in [0.25, 0.3) is 22.4 Å². The molecule has 0 saturated heterocycles. The number of rotatable bonds is 3. The molecule has 4 aromatic rings. The molecule has 0 spiro atoms. The van der Waals surface area contributed by atoms with Crippen molar-refractivity contribution in [2.45, 2.75) is 6.18 Å². The first-order valence-electron chi connectivity index (χ1n) is 7.69. The molecule has 0 fully saturated rings. The lowest BCUT2D eigenvalue weighted by molar-refractivity contribution is -0.141. The molecule has 3 heterocycles. The molecule has 0 aliphatic rings. The van der Waals surface area contributed by atoms with Crippen molar-refractivity contribution >= 4 is 33.3 Å². The largest absolute Gasteiger partial charge is 0.454 e. The lowest BCUT2D eigenvalue weighted by Crippen LogP contribution is -2.14. The van der Waals surface area contributed by atoms with E-state index in [1.165, 1.54) is 11.3 Å². The highest BCUT2D eigenvalue weighted by atomic mass is 32.1. The van der Waals surface area contributed by atoms with Gasteiger partial charge in [0.05, 0.1) is 5.56 Å². The Balaban J connectivity index is 1.51. The Kier molecular flexibility index (Phi) is 4.15. The number of carbonyl (C=O) groups excluding carboxylic acids is 1. The second kappa shape index (κ2) is 6.51. The lowest BCUT2D eigenvalue weighted by Gasteiger charge is -2.06. The lowest BCUT2D eigenvalue weighted by atomic mass is 10.2. The van der Waals surface area contributed by atoms with Gasteiger partial charge >= 0.3 is 6.18 Å². The summed E-state index contributed by atoms with van der Waals surface area (Å²) in [5, 5.41) is 5.50. The molecule has 0 aliphatic heterocycles. The fourth-order valence-corrected chi connectivity index (χ4v) is 3.11. The fraction of sp³-hybridized carbons (Fsp3) is 0.0556. The minimum Gasteiger partial charge on any atom is -0.454 e. The van der Waals surface area contributed by atoms with Crippen molar-refractivity contribution in [2.24, 2.45) is 0 Å². The summed E-state index contributed by atoms with van der Waals surface area (Å²) < 4.78 is 43.3. The van der Waals surface area contributed by atoms with Crippen molar-refractivity contribution < 1.29 is 22.4 Å². The number of nitrogens with zero attached hydrogens (tertiary/aromatic N) is 2. The number of alkyl halides is 3. The average Bonchev–Trinajstić information content (AvgIpc) is 3.27. The summed E-state index contributed by atoms with van der Waals surface area (Å²) in [4.78, 5) is 19.7. The number of pyridine rings is 1. The Labute approximate surface area is 154 Å². The van der Waals surface area contributed by atoms with Crippen LogP contribution >= 0.6 is 11.3 Å².